The number of pyridine rings is 1. The molecular formula is C21H25FN6. The number of hydrogen-bond donors (Lipinski definition) is 1. The van der Waals surface area contributed by atoms with Crippen LogP contribution in [0.25, 0.3) is 5.57 Å². The van der Waals surface area contributed by atoms with Gasteiger partial charge in [0.2, 0.25) is 5.95 Å². The Morgan fingerprint density at radius 3 is 2.96 bits per heavy atom. The summed E-state index contributed by atoms with van der Waals surface area (Å²) in [5, 5.41) is 7.88. The fourth-order valence-corrected chi connectivity index (χ4v) is 3.05. The van der Waals surface area contributed by atoms with E-state index in [0.717, 1.165) is 30.9 Å². The van der Waals surface area contributed by atoms with Crippen LogP contribution in [0.1, 0.15) is 50.5 Å². The minimum Gasteiger partial charge on any atom is -0.369 e. The minimum atomic E-state index is -0.502. The molecule has 1 N–H and O–H groups in total. The zero-order chi connectivity index (χ0) is 19.9. The molecule has 146 valence electrons. The number of halogens is 1. The Hall–Kier alpha value is -3.09. The van der Waals surface area contributed by atoms with Crippen LogP contribution in [0.3, 0.4) is 0 Å². The normalized spacial score (nSPS) is 14.8. The summed E-state index contributed by atoms with van der Waals surface area (Å²) in [7, 11) is 0. The molecule has 3 heterocycles. The smallest absolute Gasteiger partial charge is 0.213 e. The number of nitrogens with one attached hydrogen (secondary N) is 1. The van der Waals surface area contributed by atoms with Crippen molar-refractivity contribution in [2.24, 2.45) is 4.99 Å². The van der Waals surface area contributed by atoms with Crippen molar-refractivity contribution >= 4 is 11.3 Å². The fraction of sp³-hybridized carbons (Fsp3) is 0.333. The van der Waals surface area contributed by atoms with Crippen LogP contribution in [0.2, 0.25) is 0 Å². The van der Waals surface area contributed by atoms with Crippen molar-refractivity contribution in [3.63, 3.8) is 0 Å². The van der Waals surface area contributed by atoms with Crippen molar-refractivity contribution in [2.45, 2.75) is 46.7 Å². The number of nitrogens with zero attached hydrogens (tertiary/aromatic N) is 5. The van der Waals surface area contributed by atoms with Gasteiger partial charge in [-0.2, -0.15) is 9.49 Å². The van der Waals surface area contributed by atoms with E-state index in [0.29, 0.717) is 18.1 Å². The van der Waals surface area contributed by atoms with Gasteiger partial charge in [0.1, 0.15) is 12.5 Å². The molecule has 0 spiro atoms. The van der Waals surface area contributed by atoms with Crippen LogP contribution in [-0.4, -0.2) is 25.5 Å². The first-order chi connectivity index (χ1) is 13.6. The number of aryl methyl sites for hydroxylation is 1. The van der Waals surface area contributed by atoms with Gasteiger partial charge in [-0.05, 0) is 38.5 Å². The van der Waals surface area contributed by atoms with E-state index in [-0.39, 0.29) is 0 Å². The highest BCUT2D eigenvalue weighted by Crippen LogP contribution is 2.26. The maximum atomic E-state index is 13.2. The molecule has 0 fully saturated rings. The number of rotatable bonds is 7. The third-order valence-electron chi connectivity index (χ3n) is 4.36. The van der Waals surface area contributed by atoms with Gasteiger partial charge < -0.3 is 5.32 Å². The van der Waals surface area contributed by atoms with Gasteiger partial charge in [0.15, 0.2) is 5.82 Å². The lowest BCUT2D eigenvalue weighted by molar-refractivity contribution is 0.524. The molecule has 1 aliphatic heterocycles. The Morgan fingerprint density at radius 1 is 1.32 bits per heavy atom. The van der Waals surface area contributed by atoms with Crippen molar-refractivity contribution in [3.8, 4) is 0 Å². The summed E-state index contributed by atoms with van der Waals surface area (Å²) in [5.74, 6) is 1.27. The van der Waals surface area contributed by atoms with Gasteiger partial charge in [0.05, 0.1) is 11.4 Å². The molecule has 7 heteroatoms. The molecular weight excluding hydrogens is 355 g/mol. The molecule has 0 saturated carbocycles. The Bertz CT molecular complexity index is 952. The zero-order valence-electron chi connectivity index (χ0n) is 16.5. The van der Waals surface area contributed by atoms with E-state index in [9.17, 15) is 4.39 Å². The first-order valence-electron chi connectivity index (χ1n) is 9.45. The van der Waals surface area contributed by atoms with Gasteiger partial charge in [-0.3, -0.25) is 4.99 Å². The first kappa shape index (κ1) is 19.7. The van der Waals surface area contributed by atoms with Crippen LogP contribution in [0.5, 0.6) is 0 Å². The summed E-state index contributed by atoms with van der Waals surface area (Å²) in [6.07, 6.45) is 10.4. The highest BCUT2D eigenvalue weighted by molar-refractivity contribution is 5.97. The SMILES string of the molecule is CCCC1=C(C\C=C/C=C\N=C(/C)c2cccc(F)n2)NCn2nc(C)nc21. The predicted octanol–water partition coefficient (Wildman–Crippen LogP) is 4.16. The van der Waals surface area contributed by atoms with Crippen LogP contribution in [-0.2, 0) is 6.67 Å². The Kier molecular flexibility index (Phi) is 6.47. The molecule has 0 amide bonds. The lowest BCUT2D eigenvalue weighted by Crippen LogP contribution is -2.26. The highest BCUT2D eigenvalue weighted by Gasteiger charge is 2.20. The molecule has 0 unspecified atom stereocenters. The number of aliphatic imine (C=N–C) groups is 1. The maximum Gasteiger partial charge on any atom is 0.213 e. The summed E-state index contributed by atoms with van der Waals surface area (Å²) in [6.45, 7) is 6.54. The van der Waals surface area contributed by atoms with Crippen LogP contribution in [0.15, 0.2) is 53.3 Å². The van der Waals surface area contributed by atoms with Crippen molar-refractivity contribution in [2.75, 3.05) is 0 Å². The monoisotopic (exact) mass is 380 g/mol. The van der Waals surface area contributed by atoms with Crippen molar-refractivity contribution in [1.82, 2.24) is 25.1 Å². The molecule has 28 heavy (non-hydrogen) atoms. The molecule has 3 rings (SSSR count). The van der Waals surface area contributed by atoms with Crippen LogP contribution >= 0.6 is 0 Å². The zero-order valence-corrected chi connectivity index (χ0v) is 16.5. The molecule has 1 aliphatic rings. The van der Waals surface area contributed by atoms with Gasteiger partial charge in [-0.15, -0.1) is 0 Å². The Balaban J connectivity index is 1.65. The van der Waals surface area contributed by atoms with Gasteiger partial charge in [-0.25, -0.2) is 14.6 Å². The maximum absolute atomic E-state index is 13.2. The lowest BCUT2D eigenvalue weighted by atomic mass is 10.0. The molecule has 2 aromatic heterocycles. The average Bonchev–Trinajstić information content (AvgIpc) is 3.06. The topological polar surface area (TPSA) is 68.0 Å². The summed E-state index contributed by atoms with van der Waals surface area (Å²) in [4.78, 5) is 12.7. The second kappa shape index (κ2) is 9.21. The third-order valence-corrected chi connectivity index (χ3v) is 4.36. The number of hydrogen-bond acceptors (Lipinski definition) is 5. The quantitative estimate of drug-likeness (QED) is 0.445. The van der Waals surface area contributed by atoms with E-state index in [1.165, 1.54) is 17.3 Å². The summed E-state index contributed by atoms with van der Waals surface area (Å²) in [5.41, 5.74) is 3.62. The van der Waals surface area contributed by atoms with E-state index < -0.39 is 5.95 Å². The molecule has 0 bridgehead atoms. The van der Waals surface area contributed by atoms with E-state index >= 15 is 0 Å². The second-order valence-corrected chi connectivity index (χ2v) is 6.56. The average molecular weight is 380 g/mol. The third kappa shape index (κ3) is 4.79. The van der Waals surface area contributed by atoms with Crippen LogP contribution in [0, 0.1) is 12.9 Å². The molecule has 0 saturated heterocycles. The highest BCUT2D eigenvalue weighted by atomic mass is 19.1. The van der Waals surface area contributed by atoms with Gasteiger partial charge in [-0.1, -0.05) is 31.6 Å². The van der Waals surface area contributed by atoms with E-state index in [1.807, 2.05) is 30.7 Å². The first-order valence-corrected chi connectivity index (χ1v) is 9.45. The molecule has 0 aromatic carbocycles. The Labute approximate surface area is 164 Å². The standard InChI is InChI=1S/C21H25FN6/c1-4-9-17-19(24-14-28-21(17)25-16(3)27-28)10-6-5-7-13-23-15(2)18-11-8-12-20(22)26-18/h5-8,11-13,24H,4,9-10,14H2,1-3H3/b6-5-,13-7-,23-15+. The van der Waals surface area contributed by atoms with Gasteiger partial charge >= 0.3 is 0 Å². The molecule has 0 atom stereocenters. The second-order valence-electron chi connectivity index (χ2n) is 6.56. The van der Waals surface area contributed by atoms with Crippen LogP contribution < -0.4 is 5.32 Å². The minimum absolute atomic E-state index is 0.502. The summed E-state index contributed by atoms with van der Waals surface area (Å²) in [6, 6.07) is 4.68. The van der Waals surface area contributed by atoms with E-state index in [2.05, 4.69) is 38.4 Å². The van der Waals surface area contributed by atoms with Crippen molar-refractivity contribution < 1.29 is 4.39 Å². The van der Waals surface area contributed by atoms with E-state index in [1.54, 1.807) is 18.3 Å². The Morgan fingerprint density at radius 2 is 2.18 bits per heavy atom. The van der Waals surface area contributed by atoms with Gasteiger partial charge in [0.25, 0.3) is 0 Å². The molecule has 0 aliphatic carbocycles. The molecule has 6 nitrogen and oxygen atoms in total. The number of aromatic nitrogens is 4. The summed E-state index contributed by atoms with van der Waals surface area (Å²) >= 11 is 0. The number of allylic oxidation sites excluding steroid dienone is 4. The van der Waals surface area contributed by atoms with Crippen molar-refractivity contribution in [1.29, 1.82) is 0 Å². The molecule has 0 radical (unpaired) electrons. The van der Waals surface area contributed by atoms with Crippen LogP contribution in [0.4, 0.5) is 4.39 Å². The summed E-state index contributed by atoms with van der Waals surface area (Å²) < 4.78 is 15.1. The fourth-order valence-electron chi connectivity index (χ4n) is 3.05. The van der Waals surface area contributed by atoms with E-state index in [4.69, 9.17) is 0 Å². The predicted molar refractivity (Wildman–Crippen MR) is 109 cm³/mol. The largest absolute Gasteiger partial charge is 0.369 e. The van der Waals surface area contributed by atoms with Crippen molar-refractivity contribution in [3.05, 3.63) is 71.6 Å². The van der Waals surface area contributed by atoms with Gasteiger partial charge in [0, 0.05) is 23.9 Å². The number of fused-ring (bicyclic) bond motifs is 1. The lowest BCUT2D eigenvalue weighted by Gasteiger charge is -2.21. The molecule has 2 aromatic rings.